The minimum atomic E-state index is 0.117. The van der Waals surface area contributed by atoms with Crippen molar-refractivity contribution in [1.82, 2.24) is 0 Å². The van der Waals surface area contributed by atoms with E-state index >= 15 is 0 Å². The average molecular weight is 178 g/mol. The second kappa shape index (κ2) is 2.85. The Morgan fingerprint density at radius 3 is 2.67 bits per heavy atom. The lowest BCUT2D eigenvalue weighted by molar-refractivity contribution is 0.763. The molecule has 12 heavy (non-hydrogen) atoms. The summed E-state index contributed by atoms with van der Waals surface area (Å²) in [6, 6.07) is 0. The molecule has 0 aromatic rings. The summed E-state index contributed by atoms with van der Waals surface area (Å²) in [6.45, 7) is 6.93. The molecule has 0 nitrogen and oxygen atoms in total. The van der Waals surface area contributed by atoms with Crippen LogP contribution in [0.3, 0.4) is 0 Å². The van der Waals surface area contributed by atoms with Crippen molar-refractivity contribution in [3.05, 3.63) is 35.2 Å². The Balaban J connectivity index is 2.35. The zero-order valence-corrected chi connectivity index (χ0v) is 8.81. The molecule has 1 heterocycles. The molecular formula is C11H15P. The number of fused-ring (bicyclic) bond motifs is 1. The first kappa shape index (κ1) is 8.26. The Kier molecular flexibility index (Phi) is 1.96. The molecule has 1 aliphatic heterocycles. The van der Waals surface area contributed by atoms with Crippen LogP contribution in [0.4, 0.5) is 0 Å². The highest BCUT2D eigenvalue weighted by Gasteiger charge is 2.32. The quantitative estimate of drug-likeness (QED) is 0.498. The molecule has 0 amide bonds. The Bertz CT molecular complexity index is 283. The zero-order valence-electron chi connectivity index (χ0n) is 7.91. The molecule has 0 N–H and O–H groups in total. The van der Waals surface area contributed by atoms with Crippen LogP contribution in [0, 0.1) is 5.92 Å². The van der Waals surface area contributed by atoms with Gasteiger partial charge in [0.1, 0.15) is 0 Å². The molecule has 3 atom stereocenters. The van der Waals surface area contributed by atoms with E-state index < -0.39 is 0 Å². The summed E-state index contributed by atoms with van der Waals surface area (Å²) >= 11 is 0. The van der Waals surface area contributed by atoms with Crippen molar-refractivity contribution in [2.75, 3.05) is 6.66 Å². The fourth-order valence-corrected chi connectivity index (χ4v) is 4.82. The van der Waals surface area contributed by atoms with Crippen molar-refractivity contribution in [1.29, 1.82) is 0 Å². The smallest absolute Gasteiger partial charge is 0.0133 e. The standard InChI is InChI=1S/C11H15P/c1-8-5-4-6-10-9(2)7-12(3)11(8)10/h4-7,10-11H,1-3H3/t10-,11-,12+/m1/s1. The Labute approximate surface area is 75.8 Å². The normalized spacial score (nSPS) is 39.1. The van der Waals surface area contributed by atoms with Gasteiger partial charge in [0.25, 0.3) is 0 Å². The van der Waals surface area contributed by atoms with Crippen molar-refractivity contribution in [2.24, 2.45) is 5.92 Å². The first-order valence-electron chi connectivity index (χ1n) is 4.45. The lowest BCUT2D eigenvalue weighted by Crippen LogP contribution is -2.16. The van der Waals surface area contributed by atoms with E-state index in [4.69, 9.17) is 0 Å². The maximum absolute atomic E-state index is 2.48. The monoisotopic (exact) mass is 178 g/mol. The topological polar surface area (TPSA) is 0 Å². The van der Waals surface area contributed by atoms with Gasteiger partial charge in [-0.1, -0.05) is 43.1 Å². The molecule has 0 aromatic heterocycles. The van der Waals surface area contributed by atoms with Crippen LogP contribution in [0.25, 0.3) is 0 Å². The maximum Gasteiger partial charge on any atom is 0.0133 e. The molecule has 2 aliphatic rings. The van der Waals surface area contributed by atoms with Crippen LogP contribution in [0.15, 0.2) is 35.2 Å². The van der Waals surface area contributed by atoms with Crippen LogP contribution in [0.5, 0.6) is 0 Å². The van der Waals surface area contributed by atoms with Gasteiger partial charge in [0.05, 0.1) is 0 Å². The van der Waals surface area contributed by atoms with E-state index in [-0.39, 0.29) is 7.92 Å². The molecule has 0 saturated carbocycles. The van der Waals surface area contributed by atoms with E-state index in [2.05, 4.69) is 44.6 Å². The number of hydrogen-bond donors (Lipinski definition) is 0. The highest BCUT2D eigenvalue weighted by Crippen LogP contribution is 2.56. The van der Waals surface area contributed by atoms with Crippen LogP contribution in [0.2, 0.25) is 0 Å². The third kappa shape index (κ3) is 1.10. The predicted octanol–water partition coefficient (Wildman–Crippen LogP) is 3.52. The van der Waals surface area contributed by atoms with Crippen molar-refractivity contribution in [3.63, 3.8) is 0 Å². The van der Waals surface area contributed by atoms with E-state index in [1.807, 2.05) is 0 Å². The molecular weight excluding hydrogens is 163 g/mol. The van der Waals surface area contributed by atoms with Crippen LogP contribution >= 0.6 is 7.92 Å². The van der Waals surface area contributed by atoms with Gasteiger partial charge >= 0.3 is 0 Å². The average Bonchev–Trinajstić information content (AvgIpc) is 2.29. The zero-order chi connectivity index (χ0) is 8.72. The molecule has 2 rings (SSSR count). The SMILES string of the molecule is CC1=C[P@](C)[C@@H]2C(C)=CC=C[C@H]12. The van der Waals surface area contributed by atoms with Crippen molar-refractivity contribution >= 4 is 7.92 Å². The van der Waals surface area contributed by atoms with Crippen molar-refractivity contribution in [2.45, 2.75) is 19.5 Å². The highest BCUT2D eigenvalue weighted by molar-refractivity contribution is 7.61. The lowest BCUT2D eigenvalue weighted by atomic mass is 9.90. The van der Waals surface area contributed by atoms with Crippen LogP contribution in [-0.2, 0) is 0 Å². The minimum absolute atomic E-state index is 0.117. The van der Waals surface area contributed by atoms with Gasteiger partial charge in [-0.25, -0.2) is 0 Å². The van der Waals surface area contributed by atoms with Crippen LogP contribution in [0.1, 0.15) is 13.8 Å². The molecule has 0 radical (unpaired) electrons. The molecule has 0 saturated heterocycles. The van der Waals surface area contributed by atoms with Gasteiger partial charge in [-0.2, -0.15) is 0 Å². The van der Waals surface area contributed by atoms with Crippen LogP contribution in [-0.4, -0.2) is 12.3 Å². The van der Waals surface area contributed by atoms with Crippen molar-refractivity contribution < 1.29 is 0 Å². The van der Waals surface area contributed by atoms with Gasteiger partial charge in [0.2, 0.25) is 0 Å². The van der Waals surface area contributed by atoms with E-state index in [0.717, 1.165) is 11.6 Å². The van der Waals surface area contributed by atoms with E-state index in [9.17, 15) is 0 Å². The summed E-state index contributed by atoms with van der Waals surface area (Å²) in [6.07, 6.45) is 6.84. The molecule has 0 aromatic carbocycles. The third-order valence-corrected chi connectivity index (χ3v) is 5.28. The highest BCUT2D eigenvalue weighted by atomic mass is 31.1. The molecule has 64 valence electrons. The van der Waals surface area contributed by atoms with Crippen molar-refractivity contribution in [3.8, 4) is 0 Å². The fraction of sp³-hybridized carbons (Fsp3) is 0.455. The largest absolute Gasteiger partial charge is 0.0782 e. The number of rotatable bonds is 0. The van der Waals surface area contributed by atoms with Gasteiger partial charge in [0.15, 0.2) is 0 Å². The number of allylic oxidation sites excluding steroid dienone is 5. The van der Waals surface area contributed by atoms with Crippen LogP contribution < -0.4 is 0 Å². The molecule has 0 unspecified atom stereocenters. The summed E-state index contributed by atoms with van der Waals surface area (Å²) in [5.41, 5.74) is 3.98. The number of hydrogen-bond acceptors (Lipinski definition) is 0. The van der Waals surface area contributed by atoms with Gasteiger partial charge in [-0.3, -0.25) is 0 Å². The predicted molar refractivity (Wildman–Crippen MR) is 56.8 cm³/mol. The second-order valence-electron chi connectivity index (χ2n) is 3.80. The summed E-state index contributed by atoms with van der Waals surface area (Å²) < 4.78 is 0. The molecule has 0 fully saturated rings. The Morgan fingerprint density at radius 1 is 1.25 bits per heavy atom. The summed E-state index contributed by atoms with van der Waals surface area (Å²) in [4.78, 5) is 0. The second-order valence-corrected chi connectivity index (χ2v) is 5.95. The lowest BCUT2D eigenvalue weighted by Gasteiger charge is -2.25. The first-order chi connectivity index (χ1) is 5.70. The van der Waals surface area contributed by atoms with Gasteiger partial charge < -0.3 is 0 Å². The van der Waals surface area contributed by atoms with Gasteiger partial charge in [0, 0.05) is 11.6 Å². The molecule has 0 spiro atoms. The van der Waals surface area contributed by atoms with E-state index in [1.165, 1.54) is 0 Å². The minimum Gasteiger partial charge on any atom is -0.0782 e. The van der Waals surface area contributed by atoms with E-state index in [1.54, 1.807) is 11.1 Å². The van der Waals surface area contributed by atoms with E-state index in [0.29, 0.717) is 0 Å². The first-order valence-corrected chi connectivity index (χ1v) is 6.38. The third-order valence-electron chi connectivity index (χ3n) is 2.86. The maximum atomic E-state index is 2.48. The molecule has 1 aliphatic carbocycles. The molecule has 0 bridgehead atoms. The Hall–Kier alpha value is -0.350. The Morgan fingerprint density at radius 2 is 2.00 bits per heavy atom. The summed E-state index contributed by atoms with van der Waals surface area (Å²) in [7, 11) is 0.117. The fourth-order valence-electron chi connectivity index (χ4n) is 2.28. The summed E-state index contributed by atoms with van der Waals surface area (Å²) in [5.74, 6) is 3.21. The van der Waals surface area contributed by atoms with Gasteiger partial charge in [-0.05, 0) is 20.5 Å². The van der Waals surface area contributed by atoms with Gasteiger partial charge in [-0.15, -0.1) is 0 Å². The summed E-state index contributed by atoms with van der Waals surface area (Å²) in [5, 5.41) is 0. The molecule has 1 heteroatoms.